The van der Waals surface area contributed by atoms with Crippen LogP contribution in [0.4, 0.5) is 0 Å². The van der Waals surface area contributed by atoms with Crippen molar-refractivity contribution >= 4 is 0 Å². The maximum absolute atomic E-state index is 5.77. The van der Waals surface area contributed by atoms with Gasteiger partial charge in [0.15, 0.2) is 0 Å². The van der Waals surface area contributed by atoms with Crippen molar-refractivity contribution in [3.8, 4) is 0 Å². The summed E-state index contributed by atoms with van der Waals surface area (Å²) in [5.74, 6) is 1.32. The van der Waals surface area contributed by atoms with Crippen molar-refractivity contribution < 1.29 is 4.74 Å². The van der Waals surface area contributed by atoms with Crippen molar-refractivity contribution in [2.45, 2.75) is 59.5 Å². The first-order chi connectivity index (χ1) is 8.89. The van der Waals surface area contributed by atoms with E-state index in [4.69, 9.17) is 4.74 Å². The van der Waals surface area contributed by atoms with Crippen LogP contribution in [0.3, 0.4) is 0 Å². The van der Waals surface area contributed by atoms with E-state index in [1.165, 1.54) is 6.42 Å². The first-order valence-corrected chi connectivity index (χ1v) is 7.95. The van der Waals surface area contributed by atoms with E-state index in [9.17, 15) is 0 Å². The zero-order valence-electron chi connectivity index (χ0n) is 13.8. The van der Waals surface area contributed by atoms with Gasteiger partial charge in [0.2, 0.25) is 0 Å². The van der Waals surface area contributed by atoms with E-state index in [0.29, 0.717) is 17.9 Å². The molecule has 0 aliphatic carbocycles. The normalized spacial score (nSPS) is 29.4. The average Bonchev–Trinajstić information content (AvgIpc) is 2.36. The minimum Gasteiger partial charge on any atom is -0.380 e. The Labute approximate surface area is 120 Å². The molecule has 0 spiro atoms. The van der Waals surface area contributed by atoms with Crippen LogP contribution in [0.1, 0.15) is 48.0 Å². The Morgan fingerprint density at radius 3 is 2.53 bits per heavy atom. The quantitative estimate of drug-likeness (QED) is 0.720. The minimum absolute atomic E-state index is 0.284. The molecule has 1 fully saturated rings. The van der Waals surface area contributed by atoms with Gasteiger partial charge in [-0.3, -0.25) is 4.90 Å². The molecule has 0 aromatic carbocycles. The lowest BCUT2D eigenvalue weighted by Crippen LogP contribution is -2.64. The highest BCUT2D eigenvalue weighted by Crippen LogP contribution is 2.24. The molecule has 0 amide bonds. The molecular formula is C16H34N2O. The summed E-state index contributed by atoms with van der Waals surface area (Å²) in [7, 11) is 0. The first kappa shape index (κ1) is 16.9. The van der Waals surface area contributed by atoms with Crippen LogP contribution in [0.25, 0.3) is 0 Å². The monoisotopic (exact) mass is 270 g/mol. The van der Waals surface area contributed by atoms with Crippen molar-refractivity contribution in [3.05, 3.63) is 0 Å². The van der Waals surface area contributed by atoms with E-state index < -0.39 is 0 Å². The number of rotatable bonds is 7. The van der Waals surface area contributed by atoms with Crippen molar-refractivity contribution in [1.29, 1.82) is 0 Å². The average molecular weight is 270 g/mol. The molecular weight excluding hydrogens is 236 g/mol. The third kappa shape index (κ3) is 5.05. The molecule has 0 saturated carbocycles. The number of hydrogen-bond donors (Lipinski definition) is 1. The topological polar surface area (TPSA) is 24.5 Å². The maximum Gasteiger partial charge on any atom is 0.0593 e. The maximum atomic E-state index is 5.77. The van der Waals surface area contributed by atoms with Gasteiger partial charge in [-0.2, -0.15) is 0 Å². The highest BCUT2D eigenvalue weighted by atomic mass is 16.5. The molecule has 1 aliphatic rings. The van der Waals surface area contributed by atoms with E-state index >= 15 is 0 Å². The summed E-state index contributed by atoms with van der Waals surface area (Å²) >= 11 is 0. The zero-order chi connectivity index (χ0) is 14.5. The highest BCUT2D eigenvalue weighted by Gasteiger charge is 2.36. The Morgan fingerprint density at radius 1 is 1.32 bits per heavy atom. The summed E-state index contributed by atoms with van der Waals surface area (Å²) in [6, 6.07) is 0.615. The lowest BCUT2D eigenvalue weighted by Gasteiger charge is -2.49. The van der Waals surface area contributed by atoms with Gasteiger partial charge in [-0.1, -0.05) is 34.6 Å². The number of nitrogens with one attached hydrogen (secondary N) is 1. The second kappa shape index (κ2) is 7.61. The fourth-order valence-electron chi connectivity index (χ4n) is 2.64. The third-order valence-corrected chi connectivity index (χ3v) is 4.45. The molecule has 0 aromatic heterocycles. The second-order valence-corrected chi connectivity index (χ2v) is 7.00. The highest BCUT2D eigenvalue weighted by molar-refractivity contribution is 4.95. The summed E-state index contributed by atoms with van der Waals surface area (Å²) in [5, 5.41) is 3.72. The fraction of sp³-hybridized carbons (Fsp3) is 1.00. The van der Waals surface area contributed by atoms with E-state index in [1.807, 2.05) is 0 Å². The molecule has 0 radical (unpaired) electrons. The molecule has 19 heavy (non-hydrogen) atoms. The molecule has 3 heteroatoms. The van der Waals surface area contributed by atoms with Crippen molar-refractivity contribution in [3.63, 3.8) is 0 Å². The van der Waals surface area contributed by atoms with Gasteiger partial charge < -0.3 is 10.1 Å². The molecule has 1 N–H and O–H groups in total. The third-order valence-electron chi connectivity index (χ3n) is 4.45. The predicted octanol–water partition coefficient (Wildman–Crippen LogP) is 2.76. The predicted molar refractivity (Wildman–Crippen MR) is 82.6 cm³/mol. The molecule has 0 aromatic rings. The van der Waals surface area contributed by atoms with E-state index in [1.54, 1.807) is 0 Å². The SMILES string of the molecule is CCC1(C)CNC(C(C)C)CN1CCOCC(C)C. The molecule has 1 saturated heterocycles. The smallest absolute Gasteiger partial charge is 0.0593 e. The first-order valence-electron chi connectivity index (χ1n) is 7.95. The fourth-order valence-corrected chi connectivity index (χ4v) is 2.64. The largest absolute Gasteiger partial charge is 0.380 e. The molecule has 1 rings (SSSR count). The van der Waals surface area contributed by atoms with Crippen LogP contribution < -0.4 is 5.32 Å². The van der Waals surface area contributed by atoms with Gasteiger partial charge in [-0.05, 0) is 25.2 Å². The summed E-state index contributed by atoms with van der Waals surface area (Å²) in [6.07, 6.45) is 1.19. The molecule has 1 heterocycles. The van der Waals surface area contributed by atoms with Gasteiger partial charge >= 0.3 is 0 Å². The lowest BCUT2D eigenvalue weighted by molar-refractivity contribution is 0.00628. The second-order valence-electron chi connectivity index (χ2n) is 7.00. The van der Waals surface area contributed by atoms with Crippen LogP contribution in [0.2, 0.25) is 0 Å². The van der Waals surface area contributed by atoms with Crippen LogP contribution in [0, 0.1) is 11.8 Å². The Hall–Kier alpha value is -0.120. The van der Waals surface area contributed by atoms with E-state index in [2.05, 4.69) is 51.8 Å². The lowest BCUT2D eigenvalue weighted by atomic mass is 9.89. The Balaban J connectivity index is 2.48. The molecule has 3 nitrogen and oxygen atoms in total. The molecule has 2 atom stereocenters. The standard InChI is InChI=1S/C16H34N2O/c1-7-16(6)12-17-15(14(4)5)10-18(16)8-9-19-11-13(2)3/h13-15,17H,7-12H2,1-6H3. The van der Waals surface area contributed by atoms with Gasteiger partial charge in [-0.25, -0.2) is 0 Å². The van der Waals surface area contributed by atoms with Crippen molar-refractivity contribution in [1.82, 2.24) is 10.2 Å². The van der Waals surface area contributed by atoms with Crippen LogP contribution in [-0.2, 0) is 4.74 Å². The van der Waals surface area contributed by atoms with Crippen molar-refractivity contribution in [2.75, 3.05) is 32.8 Å². The van der Waals surface area contributed by atoms with Crippen LogP contribution >= 0.6 is 0 Å². The van der Waals surface area contributed by atoms with Gasteiger partial charge in [0.1, 0.15) is 0 Å². The molecule has 114 valence electrons. The number of hydrogen-bond acceptors (Lipinski definition) is 3. The Bertz CT molecular complexity index is 255. The summed E-state index contributed by atoms with van der Waals surface area (Å²) in [4.78, 5) is 2.63. The van der Waals surface area contributed by atoms with Gasteiger partial charge in [0, 0.05) is 37.8 Å². The van der Waals surface area contributed by atoms with E-state index in [0.717, 1.165) is 32.8 Å². The Kier molecular flexibility index (Phi) is 6.78. The summed E-state index contributed by atoms with van der Waals surface area (Å²) in [6.45, 7) is 18.7. The van der Waals surface area contributed by atoms with E-state index in [-0.39, 0.29) is 5.54 Å². The Morgan fingerprint density at radius 2 is 2.00 bits per heavy atom. The van der Waals surface area contributed by atoms with Crippen LogP contribution in [0.15, 0.2) is 0 Å². The zero-order valence-corrected chi connectivity index (χ0v) is 13.8. The van der Waals surface area contributed by atoms with Crippen molar-refractivity contribution in [2.24, 2.45) is 11.8 Å². The van der Waals surface area contributed by atoms with Gasteiger partial charge in [0.25, 0.3) is 0 Å². The molecule has 1 aliphatic heterocycles. The van der Waals surface area contributed by atoms with Crippen LogP contribution in [-0.4, -0.2) is 49.3 Å². The van der Waals surface area contributed by atoms with Gasteiger partial charge in [0.05, 0.1) is 6.61 Å². The van der Waals surface area contributed by atoms with Crippen LogP contribution in [0.5, 0.6) is 0 Å². The number of ether oxygens (including phenoxy) is 1. The number of piperazine rings is 1. The molecule has 2 unspecified atom stereocenters. The number of nitrogens with zero attached hydrogens (tertiary/aromatic N) is 1. The van der Waals surface area contributed by atoms with Gasteiger partial charge in [-0.15, -0.1) is 0 Å². The minimum atomic E-state index is 0.284. The molecule has 0 bridgehead atoms. The summed E-state index contributed by atoms with van der Waals surface area (Å²) < 4.78 is 5.77. The summed E-state index contributed by atoms with van der Waals surface area (Å²) in [5.41, 5.74) is 0.284.